The van der Waals surface area contributed by atoms with Gasteiger partial charge in [0, 0.05) is 23.6 Å². The molecule has 4 aromatic rings. The predicted molar refractivity (Wildman–Crippen MR) is 122 cm³/mol. The van der Waals surface area contributed by atoms with E-state index in [-0.39, 0.29) is 17.2 Å². The van der Waals surface area contributed by atoms with Crippen LogP contribution in [0.5, 0.6) is 5.75 Å². The summed E-state index contributed by atoms with van der Waals surface area (Å²) in [7, 11) is -0.651. The molecular formula is C24H22N2O5S. The van der Waals surface area contributed by atoms with Crippen LogP contribution in [0, 0.1) is 0 Å². The molecule has 0 aliphatic heterocycles. The summed E-state index contributed by atoms with van der Waals surface area (Å²) in [4.78, 5) is 13.2. The van der Waals surface area contributed by atoms with Gasteiger partial charge < -0.3 is 14.5 Å². The van der Waals surface area contributed by atoms with Crippen molar-refractivity contribution in [1.82, 2.24) is 10.0 Å². The van der Waals surface area contributed by atoms with Crippen molar-refractivity contribution in [2.45, 2.75) is 11.4 Å². The standard InChI is InChI=1S/C24H22N2O5S/c1-25-32(28,29)19-10-6-7-16(13-19)15-26-24(27)23-22(17-8-4-3-5-9-17)20-12-11-18(30-2)14-21(20)31-23/h3-14,25H,15H2,1-2H3,(H,26,27). The highest BCUT2D eigenvalue weighted by Crippen LogP contribution is 2.36. The first kappa shape index (κ1) is 21.6. The van der Waals surface area contributed by atoms with E-state index in [2.05, 4.69) is 10.0 Å². The summed E-state index contributed by atoms with van der Waals surface area (Å²) in [6, 6.07) is 21.3. The fourth-order valence-electron chi connectivity index (χ4n) is 3.46. The summed E-state index contributed by atoms with van der Waals surface area (Å²) in [5.41, 5.74) is 2.72. The number of nitrogens with one attached hydrogen (secondary N) is 2. The van der Waals surface area contributed by atoms with E-state index in [4.69, 9.17) is 9.15 Å². The van der Waals surface area contributed by atoms with E-state index in [1.54, 1.807) is 25.3 Å². The lowest BCUT2D eigenvalue weighted by Crippen LogP contribution is -2.23. The van der Waals surface area contributed by atoms with E-state index in [1.807, 2.05) is 42.5 Å². The molecule has 0 aliphatic carbocycles. The largest absolute Gasteiger partial charge is 0.497 e. The van der Waals surface area contributed by atoms with Crippen molar-refractivity contribution in [3.63, 3.8) is 0 Å². The van der Waals surface area contributed by atoms with Crippen LogP contribution < -0.4 is 14.8 Å². The van der Waals surface area contributed by atoms with E-state index < -0.39 is 15.9 Å². The first-order valence-electron chi connectivity index (χ1n) is 9.89. The number of hydrogen-bond donors (Lipinski definition) is 2. The zero-order valence-corrected chi connectivity index (χ0v) is 18.4. The van der Waals surface area contributed by atoms with E-state index in [0.717, 1.165) is 10.9 Å². The van der Waals surface area contributed by atoms with Crippen LogP contribution in [-0.2, 0) is 16.6 Å². The number of furan rings is 1. The number of fused-ring (bicyclic) bond motifs is 1. The van der Waals surface area contributed by atoms with Crippen molar-refractivity contribution in [3.8, 4) is 16.9 Å². The molecule has 0 fully saturated rings. The quantitative estimate of drug-likeness (QED) is 0.444. The highest BCUT2D eigenvalue weighted by Gasteiger charge is 2.22. The van der Waals surface area contributed by atoms with Crippen LogP contribution in [0.15, 0.2) is 82.1 Å². The van der Waals surface area contributed by atoms with Crippen LogP contribution >= 0.6 is 0 Å². The van der Waals surface area contributed by atoms with Crippen molar-refractivity contribution in [1.29, 1.82) is 0 Å². The van der Waals surface area contributed by atoms with Crippen LogP contribution in [0.25, 0.3) is 22.1 Å². The Hall–Kier alpha value is -3.62. The molecule has 1 amide bonds. The second-order valence-electron chi connectivity index (χ2n) is 7.07. The van der Waals surface area contributed by atoms with Crippen LogP contribution in [0.4, 0.5) is 0 Å². The molecule has 32 heavy (non-hydrogen) atoms. The maximum Gasteiger partial charge on any atom is 0.287 e. The number of carbonyl (C=O) groups is 1. The van der Waals surface area contributed by atoms with Crippen LogP contribution in [0.3, 0.4) is 0 Å². The number of ether oxygens (including phenoxy) is 1. The van der Waals surface area contributed by atoms with Gasteiger partial charge in [-0.3, -0.25) is 4.79 Å². The van der Waals surface area contributed by atoms with Crippen molar-refractivity contribution in [3.05, 3.63) is 84.1 Å². The molecule has 0 aliphatic rings. The monoisotopic (exact) mass is 450 g/mol. The summed E-state index contributed by atoms with van der Waals surface area (Å²) >= 11 is 0. The maximum absolute atomic E-state index is 13.1. The summed E-state index contributed by atoms with van der Waals surface area (Å²) in [5, 5.41) is 3.63. The Bertz CT molecular complexity index is 1380. The van der Waals surface area contributed by atoms with Gasteiger partial charge in [-0.05, 0) is 42.4 Å². The smallest absolute Gasteiger partial charge is 0.287 e. The Labute approximate surface area is 186 Å². The van der Waals surface area contributed by atoms with Gasteiger partial charge in [0.15, 0.2) is 0 Å². The Kier molecular flexibility index (Phi) is 5.98. The van der Waals surface area contributed by atoms with Gasteiger partial charge in [-0.2, -0.15) is 0 Å². The second kappa shape index (κ2) is 8.86. The minimum atomic E-state index is -3.57. The molecule has 0 bridgehead atoms. The summed E-state index contributed by atoms with van der Waals surface area (Å²) in [6.07, 6.45) is 0. The van der Waals surface area contributed by atoms with Crippen molar-refractivity contribution >= 4 is 26.9 Å². The third kappa shape index (κ3) is 4.23. The number of benzene rings is 3. The fraction of sp³-hybridized carbons (Fsp3) is 0.125. The lowest BCUT2D eigenvalue weighted by Gasteiger charge is -2.08. The van der Waals surface area contributed by atoms with Gasteiger partial charge in [-0.15, -0.1) is 0 Å². The summed E-state index contributed by atoms with van der Waals surface area (Å²) in [5.74, 6) is 0.403. The molecule has 7 nitrogen and oxygen atoms in total. The molecule has 1 heterocycles. The summed E-state index contributed by atoms with van der Waals surface area (Å²) < 4.78 is 37.6. The van der Waals surface area contributed by atoms with Gasteiger partial charge >= 0.3 is 0 Å². The average Bonchev–Trinajstić information content (AvgIpc) is 3.22. The van der Waals surface area contributed by atoms with E-state index in [9.17, 15) is 13.2 Å². The number of methoxy groups -OCH3 is 1. The van der Waals surface area contributed by atoms with Crippen molar-refractivity contribution in [2.75, 3.05) is 14.2 Å². The number of hydrogen-bond acceptors (Lipinski definition) is 5. The molecule has 0 saturated heterocycles. The van der Waals surface area contributed by atoms with Crippen molar-refractivity contribution < 1.29 is 22.4 Å². The third-order valence-electron chi connectivity index (χ3n) is 5.10. The Morgan fingerprint density at radius 3 is 2.50 bits per heavy atom. The topological polar surface area (TPSA) is 97.6 Å². The lowest BCUT2D eigenvalue weighted by molar-refractivity contribution is 0.0926. The van der Waals surface area contributed by atoms with Gasteiger partial charge in [0.1, 0.15) is 11.3 Å². The second-order valence-corrected chi connectivity index (χ2v) is 8.96. The average molecular weight is 451 g/mol. The molecule has 0 saturated carbocycles. The molecular weight excluding hydrogens is 428 g/mol. The summed E-state index contributed by atoms with van der Waals surface area (Å²) in [6.45, 7) is 0.139. The first-order chi connectivity index (χ1) is 15.4. The predicted octanol–water partition coefficient (Wildman–Crippen LogP) is 3.95. The van der Waals surface area contributed by atoms with Crippen LogP contribution in [0.2, 0.25) is 0 Å². The molecule has 1 aromatic heterocycles. The fourth-order valence-corrected chi connectivity index (χ4v) is 4.26. The van der Waals surface area contributed by atoms with Gasteiger partial charge in [0.2, 0.25) is 15.8 Å². The molecule has 0 radical (unpaired) electrons. The number of sulfonamides is 1. The van der Waals surface area contributed by atoms with Gasteiger partial charge in [-0.1, -0.05) is 42.5 Å². The lowest BCUT2D eigenvalue weighted by atomic mass is 10.0. The van der Waals surface area contributed by atoms with Crippen molar-refractivity contribution in [2.24, 2.45) is 0 Å². The van der Waals surface area contributed by atoms with Crippen LogP contribution in [0.1, 0.15) is 16.1 Å². The SMILES string of the molecule is CNS(=O)(=O)c1cccc(CNC(=O)c2oc3cc(OC)ccc3c2-c2ccccc2)c1. The number of rotatable bonds is 7. The highest BCUT2D eigenvalue weighted by atomic mass is 32.2. The molecule has 0 unspecified atom stereocenters. The minimum Gasteiger partial charge on any atom is -0.497 e. The minimum absolute atomic E-state index is 0.132. The Balaban J connectivity index is 1.67. The zero-order valence-electron chi connectivity index (χ0n) is 17.6. The molecule has 4 rings (SSSR count). The molecule has 8 heteroatoms. The van der Waals surface area contributed by atoms with Crippen LogP contribution in [-0.4, -0.2) is 28.5 Å². The molecule has 0 spiro atoms. The van der Waals surface area contributed by atoms with E-state index in [0.29, 0.717) is 22.5 Å². The Morgan fingerprint density at radius 2 is 1.78 bits per heavy atom. The third-order valence-corrected chi connectivity index (χ3v) is 6.51. The normalized spacial score (nSPS) is 11.4. The number of carbonyl (C=O) groups excluding carboxylic acids is 1. The maximum atomic E-state index is 13.1. The van der Waals surface area contributed by atoms with Gasteiger partial charge in [-0.25, -0.2) is 13.1 Å². The van der Waals surface area contributed by atoms with Gasteiger partial charge in [0.05, 0.1) is 12.0 Å². The van der Waals surface area contributed by atoms with Gasteiger partial charge in [0.25, 0.3) is 5.91 Å². The molecule has 0 atom stereocenters. The molecule has 3 aromatic carbocycles. The zero-order chi connectivity index (χ0) is 22.7. The molecule has 164 valence electrons. The van der Waals surface area contributed by atoms with E-state index in [1.165, 1.54) is 19.2 Å². The number of amides is 1. The first-order valence-corrected chi connectivity index (χ1v) is 11.4. The molecule has 2 N–H and O–H groups in total. The highest BCUT2D eigenvalue weighted by molar-refractivity contribution is 7.89. The Morgan fingerprint density at radius 1 is 1.00 bits per heavy atom. The van der Waals surface area contributed by atoms with E-state index >= 15 is 0 Å².